The van der Waals surface area contributed by atoms with E-state index in [2.05, 4.69) is 25.5 Å². The topological polar surface area (TPSA) is 90.5 Å². The van der Waals surface area contributed by atoms with Gasteiger partial charge in [-0.25, -0.2) is 4.98 Å². The van der Waals surface area contributed by atoms with Crippen LogP contribution in [0.3, 0.4) is 0 Å². The molecule has 2 N–H and O–H groups in total. The quantitative estimate of drug-likeness (QED) is 0.634. The van der Waals surface area contributed by atoms with Crippen molar-refractivity contribution in [3.05, 3.63) is 41.2 Å². The van der Waals surface area contributed by atoms with E-state index in [1.165, 1.54) is 43.4 Å². The van der Waals surface area contributed by atoms with Crippen molar-refractivity contribution >= 4 is 28.3 Å². The van der Waals surface area contributed by atoms with Crippen molar-refractivity contribution in [1.82, 2.24) is 25.1 Å². The number of nitrogens with one attached hydrogen (secondary N) is 2. The summed E-state index contributed by atoms with van der Waals surface area (Å²) in [6.45, 7) is 3.55. The summed E-state index contributed by atoms with van der Waals surface area (Å²) in [6, 6.07) is 6.27. The molecule has 1 aliphatic heterocycles. The number of carbonyl (C=O) groups excluding carboxylic acids is 2. The normalized spacial score (nSPS) is 17.8. The Morgan fingerprint density at radius 1 is 1.09 bits per heavy atom. The number of amides is 2. The fourth-order valence-electron chi connectivity index (χ4n) is 4.27. The fraction of sp³-hybridized carbons (Fsp3) is 0.565. The Labute approximate surface area is 193 Å². The summed E-state index contributed by atoms with van der Waals surface area (Å²) >= 11 is 1.51. The van der Waals surface area contributed by atoms with E-state index >= 15 is 0 Å². The molecule has 0 radical (unpaired) electrons. The first-order chi connectivity index (χ1) is 15.7. The van der Waals surface area contributed by atoms with E-state index < -0.39 is 0 Å². The van der Waals surface area contributed by atoms with Crippen molar-refractivity contribution in [2.45, 2.75) is 44.6 Å². The molecule has 4 rings (SSSR count). The maximum Gasteiger partial charge on any atom is 0.273 e. The molecule has 0 atom stereocenters. The van der Waals surface area contributed by atoms with E-state index in [0.717, 1.165) is 17.2 Å². The molecule has 0 spiro atoms. The molecule has 2 aliphatic rings. The Bertz CT molecular complexity index is 876. The summed E-state index contributed by atoms with van der Waals surface area (Å²) in [5.41, 5.74) is 1.49. The van der Waals surface area contributed by atoms with Crippen molar-refractivity contribution in [2.24, 2.45) is 0 Å². The molecule has 8 nitrogen and oxygen atoms in total. The Balaban J connectivity index is 1.16. The van der Waals surface area contributed by atoms with Gasteiger partial charge < -0.3 is 15.5 Å². The molecule has 1 saturated carbocycles. The SMILES string of the molecule is O=C(CN1CCN(C(=O)c2csc(NC3CCCCC3)n2)CC1)NCCc1ccccn1. The summed E-state index contributed by atoms with van der Waals surface area (Å²) in [4.78, 5) is 37.8. The van der Waals surface area contributed by atoms with Crippen molar-refractivity contribution in [3.8, 4) is 0 Å². The third-order valence-corrected chi connectivity index (χ3v) is 6.89. The molecule has 172 valence electrons. The minimum Gasteiger partial charge on any atom is -0.359 e. The van der Waals surface area contributed by atoms with E-state index in [4.69, 9.17) is 0 Å². The number of anilines is 1. The van der Waals surface area contributed by atoms with Crippen LogP contribution in [-0.4, -0.2) is 76.9 Å². The molecule has 2 fully saturated rings. The van der Waals surface area contributed by atoms with Crippen LogP contribution >= 0.6 is 11.3 Å². The van der Waals surface area contributed by atoms with Gasteiger partial charge in [-0.1, -0.05) is 25.3 Å². The maximum absolute atomic E-state index is 12.8. The van der Waals surface area contributed by atoms with Gasteiger partial charge >= 0.3 is 0 Å². The molecule has 0 aromatic carbocycles. The Morgan fingerprint density at radius 2 is 1.91 bits per heavy atom. The molecule has 3 heterocycles. The first-order valence-electron chi connectivity index (χ1n) is 11.6. The van der Waals surface area contributed by atoms with Crippen LogP contribution < -0.4 is 10.6 Å². The van der Waals surface area contributed by atoms with Gasteiger partial charge in [0.1, 0.15) is 5.69 Å². The second-order valence-corrected chi connectivity index (χ2v) is 9.36. The molecule has 0 bridgehead atoms. The van der Waals surface area contributed by atoms with Crippen LogP contribution in [-0.2, 0) is 11.2 Å². The lowest BCUT2D eigenvalue weighted by atomic mass is 9.96. The summed E-state index contributed by atoms with van der Waals surface area (Å²) in [7, 11) is 0. The van der Waals surface area contributed by atoms with Gasteiger partial charge in [-0.05, 0) is 25.0 Å². The molecule has 32 heavy (non-hydrogen) atoms. The standard InChI is InChI=1S/C23H32N6O2S/c30-21(25-11-9-18-6-4-5-10-24-18)16-28-12-14-29(15-13-28)22(31)20-17-32-23(27-20)26-19-7-2-1-3-8-19/h4-6,10,17,19H,1-3,7-9,11-16H2,(H,25,30)(H,26,27). The van der Waals surface area contributed by atoms with Crippen molar-refractivity contribution in [3.63, 3.8) is 0 Å². The first-order valence-corrected chi connectivity index (χ1v) is 12.5. The Kier molecular flexibility index (Phi) is 8.06. The van der Waals surface area contributed by atoms with Gasteiger partial charge in [-0.2, -0.15) is 0 Å². The van der Waals surface area contributed by atoms with Crippen molar-refractivity contribution in [2.75, 3.05) is 44.6 Å². The van der Waals surface area contributed by atoms with Gasteiger partial charge in [0.25, 0.3) is 5.91 Å². The predicted molar refractivity (Wildman–Crippen MR) is 126 cm³/mol. The number of hydrogen-bond donors (Lipinski definition) is 2. The molecule has 2 aromatic rings. The van der Waals surface area contributed by atoms with Gasteiger partial charge in [0, 0.05) is 62.5 Å². The number of carbonyl (C=O) groups is 2. The van der Waals surface area contributed by atoms with E-state index in [1.54, 1.807) is 6.20 Å². The maximum atomic E-state index is 12.8. The molecule has 0 unspecified atom stereocenters. The average molecular weight is 457 g/mol. The highest BCUT2D eigenvalue weighted by Gasteiger charge is 2.25. The van der Waals surface area contributed by atoms with E-state index in [-0.39, 0.29) is 11.8 Å². The molecule has 1 saturated heterocycles. The highest BCUT2D eigenvalue weighted by molar-refractivity contribution is 7.13. The lowest BCUT2D eigenvalue weighted by Crippen LogP contribution is -2.51. The van der Waals surface area contributed by atoms with Crippen molar-refractivity contribution < 1.29 is 9.59 Å². The second kappa shape index (κ2) is 11.4. The zero-order valence-electron chi connectivity index (χ0n) is 18.5. The predicted octanol–water partition coefficient (Wildman–Crippen LogP) is 2.40. The lowest BCUT2D eigenvalue weighted by Gasteiger charge is -2.34. The van der Waals surface area contributed by atoms with E-state index in [1.807, 2.05) is 28.5 Å². The third-order valence-electron chi connectivity index (χ3n) is 6.11. The summed E-state index contributed by atoms with van der Waals surface area (Å²) in [5, 5.41) is 9.16. The largest absolute Gasteiger partial charge is 0.359 e. The average Bonchev–Trinajstić information content (AvgIpc) is 3.29. The second-order valence-electron chi connectivity index (χ2n) is 8.51. The summed E-state index contributed by atoms with van der Waals surface area (Å²) in [5.74, 6) is -0.00366. The minimum atomic E-state index is -0.0163. The van der Waals surface area contributed by atoms with Gasteiger partial charge in [0.05, 0.1) is 6.54 Å². The van der Waals surface area contributed by atoms with Crippen LogP contribution in [0.15, 0.2) is 29.8 Å². The molecular formula is C23H32N6O2S. The van der Waals surface area contributed by atoms with Crippen LogP contribution in [0.4, 0.5) is 5.13 Å². The zero-order valence-corrected chi connectivity index (χ0v) is 19.3. The number of piperazine rings is 1. The number of thiazole rings is 1. The molecule has 9 heteroatoms. The number of aromatic nitrogens is 2. The monoisotopic (exact) mass is 456 g/mol. The lowest BCUT2D eigenvalue weighted by molar-refractivity contribution is -0.122. The van der Waals surface area contributed by atoms with Crippen LogP contribution in [0, 0.1) is 0 Å². The van der Waals surface area contributed by atoms with Gasteiger partial charge in [-0.15, -0.1) is 11.3 Å². The first kappa shape index (κ1) is 22.7. The van der Waals surface area contributed by atoms with Crippen LogP contribution in [0.2, 0.25) is 0 Å². The summed E-state index contributed by atoms with van der Waals surface area (Å²) < 4.78 is 0. The Morgan fingerprint density at radius 3 is 2.66 bits per heavy atom. The Hall–Kier alpha value is -2.52. The van der Waals surface area contributed by atoms with Crippen LogP contribution in [0.5, 0.6) is 0 Å². The number of nitrogens with zero attached hydrogens (tertiary/aromatic N) is 4. The highest BCUT2D eigenvalue weighted by Crippen LogP contribution is 2.24. The molecule has 2 aromatic heterocycles. The van der Waals surface area contributed by atoms with Gasteiger partial charge in [0.15, 0.2) is 5.13 Å². The van der Waals surface area contributed by atoms with Crippen LogP contribution in [0.1, 0.15) is 48.3 Å². The summed E-state index contributed by atoms with van der Waals surface area (Å²) in [6.07, 6.45) is 8.70. The molecular weight excluding hydrogens is 424 g/mol. The number of rotatable bonds is 8. The fourth-order valence-corrected chi connectivity index (χ4v) is 5.03. The van der Waals surface area contributed by atoms with Gasteiger partial charge in [-0.3, -0.25) is 19.5 Å². The number of hydrogen-bond acceptors (Lipinski definition) is 7. The molecule has 2 amide bonds. The smallest absolute Gasteiger partial charge is 0.273 e. The third kappa shape index (κ3) is 6.49. The minimum absolute atomic E-state index is 0.0126. The zero-order chi connectivity index (χ0) is 22.2. The number of pyridine rings is 1. The van der Waals surface area contributed by atoms with E-state index in [9.17, 15) is 9.59 Å². The highest BCUT2D eigenvalue weighted by atomic mass is 32.1. The van der Waals surface area contributed by atoms with Crippen LogP contribution in [0.25, 0.3) is 0 Å². The van der Waals surface area contributed by atoms with Gasteiger partial charge in [0.2, 0.25) is 5.91 Å². The molecule has 1 aliphatic carbocycles. The van der Waals surface area contributed by atoms with E-state index in [0.29, 0.717) is 51.0 Å². The van der Waals surface area contributed by atoms with Crippen molar-refractivity contribution in [1.29, 1.82) is 0 Å².